The lowest BCUT2D eigenvalue weighted by Crippen LogP contribution is -2.51. The van der Waals surface area contributed by atoms with Crippen molar-refractivity contribution >= 4 is 13.7 Å². The fourth-order valence-electron chi connectivity index (χ4n) is 7.17. The number of phosphoric acid groups is 1. The van der Waals surface area contributed by atoms with E-state index in [1.54, 1.807) is 0 Å². The molecule has 1 amide bonds. The van der Waals surface area contributed by atoms with Crippen LogP contribution in [0.5, 0.6) is 0 Å². The molecule has 0 aliphatic heterocycles. The molecule has 0 aliphatic rings. The lowest BCUT2D eigenvalue weighted by Gasteiger charge is -2.31. The highest BCUT2D eigenvalue weighted by molar-refractivity contribution is 7.45. The molecule has 9 nitrogen and oxygen atoms in total. The first-order valence-corrected chi connectivity index (χ1v) is 26.5. The van der Waals surface area contributed by atoms with Gasteiger partial charge in [0.1, 0.15) is 19.3 Å². The van der Waals surface area contributed by atoms with Gasteiger partial charge in [-0.3, -0.25) is 9.36 Å². The zero-order valence-electron chi connectivity index (χ0n) is 40.2. The third-order valence-electron chi connectivity index (χ3n) is 11.2. The quantitative estimate of drug-likeness (QED) is 0.0240. The lowest BCUT2D eigenvalue weighted by atomic mass is 10.0. The maximum absolute atomic E-state index is 12.9. The summed E-state index contributed by atoms with van der Waals surface area (Å²) in [4.78, 5) is 25.4. The molecule has 358 valence electrons. The zero-order valence-corrected chi connectivity index (χ0v) is 41.1. The second-order valence-corrected chi connectivity index (χ2v) is 19.7. The summed E-state index contributed by atoms with van der Waals surface area (Å²) in [5.74, 6) is -0.295. The molecule has 0 bridgehead atoms. The molecule has 0 saturated carbocycles. The Morgan fingerprint density at radius 2 is 1.02 bits per heavy atom. The minimum atomic E-state index is -4.68. The Morgan fingerprint density at radius 1 is 0.607 bits per heavy atom. The summed E-state index contributed by atoms with van der Waals surface area (Å²) >= 11 is 0. The van der Waals surface area contributed by atoms with Crippen LogP contribution >= 0.6 is 7.82 Å². The van der Waals surface area contributed by atoms with Gasteiger partial charge in [0.05, 0.1) is 39.9 Å². The number of rotatable bonds is 45. The number of carbonyl (C=O) groups excluding carboxylic acids is 1. The second kappa shape index (κ2) is 42.4. The Balaban J connectivity index is 4.30. The van der Waals surface area contributed by atoms with Crippen LogP contribution in [0.1, 0.15) is 213 Å². The Labute approximate surface area is 376 Å². The monoisotopic (exact) mass is 881 g/mol. The number of quaternary nitrogens is 1. The van der Waals surface area contributed by atoms with Crippen molar-refractivity contribution < 1.29 is 38.0 Å². The number of carbonyl (C=O) groups is 1. The first-order chi connectivity index (χ1) is 29.4. The van der Waals surface area contributed by atoms with E-state index in [9.17, 15) is 24.5 Å². The van der Waals surface area contributed by atoms with Gasteiger partial charge in [0.15, 0.2) is 0 Å². The number of hydrogen-bond donors (Lipinski definition) is 3. The van der Waals surface area contributed by atoms with E-state index >= 15 is 0 Å². The third-order valence-corrected chi connectivity index (χ3v) is 12.1. The molecule has 0 rings (SSSR count). The van der Waals surface area contributed by atoms with Crippen LogP contribution in [0.4, 0.5) is 0 Å². The zero-order chi connectivity index (χ0) is 45.1. The molecule has 0 saturated heterocycles. The van der Waals surface area contributed by atoms with Crippen LogP contribution in [0, 0.1) is 0 Å². The van der Waals surface area contributed by atoms with Gasteiger partial charge >= 0.3 is 0 Å². The van der Waals surface area contributed by atoms with Crippen molar-refractivity contribution in [3.63, 3.8) is 0 Å². The molecule has 0 heterocycles. The summed E-state index contributed by atoms with van der Waals surface area (Å²) in [6, 6.07) is -1.10. The molecule has 61 heavy (non-hydrogen) atoms. The van der Waals surface area contributed by atoms with Crippen molar-refractivity contribution in [2.45, 2.75) is 231 Å². The van der Waals surface area contributed by atoms with E-state index in [-0.39, 0.29) is 18.9 Å². The van der Waals surface area contributed by atoms with E-state index in [2.05, 4.69) is 60.8 Å². The van der Waals surface area contributed by atoms with Crippen LogP contribution in [0.2, 0.25) is 0 Å². The van der Waals surface area contributed by atoms with Gasteiger partial charge < -0.3 is 34.0 Å². The largest absolute Gasteiger partial charge is 0.756 e. The van der Waals surface area contributed by atoms with Crippen molar-refractivity contribution in [3.05, 3.63) is 48.6 Å². The Bertz CT molecular complexity index is 1150. The maximum Gasteiger partial charge on any atom is 0.268 e. The summed E-state index contributed by atoms with van der Waals surface area (Å²) < 4.78 is 23.2. The normalized spacial score (nSPS) is 15.1. The summed E-state index contributed by atoms with van der Waals surface area (Å²) in [7, 11) is 1.09. The molecule has 4 unspecified atom stereocenters. The fourth-order valence-corrected chi connectivity index (χ4v) is 7.89. The predicted octanol–water partition coefficient (Wildman–Crippen LogP) is 12.8. The number of aliphatic hydroxyl groups excluding tert-OH is 2. The first-order valence-electron chi connectivity index (χ1n) is 25.0. The number of allylic oxidation sites excluding steroid dienone is 8. The fraction of sp³-hybridized carbons (Fsp3) is 0.824. The van der Waals surface area contributed by atoms with Crippen molar-refractivity contribution in [2.75, 3.05) is 40.9 Å². The smallest absolute Gasteiger partial charge is 0.268 e. The predicted molar refractivity (Wildman–Crippen MR) is 257 cm³/mol. The van der Waals surface area contributed by atoms with Crippen molar-refractivity contribution in [3.8, 4) is 0 Å². The molecular weight excluding hydrogens is 784 g/mol. The highest BCUT2D eigenvalue weighted by atomic mass is 31.2. The highest BCUT2D eigenvalue weighted by Crippen LogP contribution is 2.38. The van der Waals surface area contributed by atoms with Gasteiger partial charge in [0.25, 0.3) is 7.82 Å². The molecule has 0 aliphatic carbocycles. The van der Waals surface area contributed by atoms with Gasteiger partial charge in [0, 0.05) is 6.42 Å². The van der Waals surface area contributed by atoms with Crippen LogP contribution in [0.15, 0.2) is 48.6 Å². The van der Waals surface area contributed by atoms with Crippen LogP contribution in [0.25, 0.3) is 0 Å². The molecule has 0 aromatic heterocycles. The SMILES string of the molecule is C/C=C/CC/C=C/CC/C=C/CCCC(O)C(O)C(COP(=O)([O-])OCC[N+](C)(C)C)NC(=O)CCCCCCCCCCCCCCC/C=C\CCCCCCCCCC. The minimum Gasteiger partial charge on any atom is -0.756 e. The number of aliphatic hydroxyl groups is 2. The van der Waals surface area contributed by atoms with Crippen LogP contribution in [-0.4, -0.2) is 79.8 Å². The van der Waals surface area contributed by atoms with Crippen LogP contribution in [0.3, 0.4) is 0 Å². The van der Waals surface area contributed by atoms with E-state index < -0.39 is 32.7 Å². The summed E-state index contributed by atoms with van der Waals surface area (Å²) in [6.45, 7) is 4.19. The molecule has 10 heteroatoms. The number of nitrogens with one attached hydrogen (secondary N) is 1. The number of unbranched alkanes of at least 4 members (excludes halogenated alkanes) is 24. The standard InChI is InChI=1S/C51H97N2O7P/c1-6-8-10-12-14-16-18-20-21-22-23-24-25-26-27-28-29-30-31-32-34-36-38-40-42-44-50(55)52-48(47-60-61(57,58)59-46-45-53(3,4)5)51(56)49(54)43-41-39-37-35-33-19-17-15-13-11-9-7-2/h7,9,15,17,22-23,35,37,48-49,51,54,56H,6,8,10-14,16,18-21,24-34,36,38-47H2,1-5H3,(H-,52,55,57,58)/b9-7+,17-15+,23-22-,37-35+. The van der Waals surface area contributed by atoms with E-state index in [4.69, 9.17) is 9.05 Å². The summed E-state index contributed by atoms with van der Waals surface area (Å²) in [5, 5.41) is 24.6. The van der Waals surface area contributed by atoms with Gasteiger partial charge in [-0.2, -0.15) is 0 Å². The van der Waals surface area contributed by atoms with Gasteiger partial charge in [0.2, 0.25) is 5.91 Å². The summed E-state index contributed by atoms with van der Waals surface area (Å²) in [6.07, 6.45) is 50.4. The van der Waals surface area contributed by atoms with E-state index in [0.717, 1.165) is 51.4 Å². The van der Waals surface area contributed by atoms with Gasteiger partial charge in [-0.25, -0.2) is 0 Å². The molecule has 0 aromatic carbocycles. The molecule has 3 N–H and O–H groups in total. The van der Waals surface area contributed by atoms with E-state index in [0.29, 0.717) is 30.3 Å². The molecule has 0 fully saturated rings. The van der Waals surface area contributed by atoms with E-state index in [1.165, 1.54) is 122 Å². The average molecular weight is 881 g/mol. The number of phosphoric ester groups is 1. The van der Waals surface area contributed by atoms with E-state index in [1.807, 2.05) is 28.1 Å². The van der Waals surface area contributed by atoms with Gasteiger partial charge in [-0.15, -0.1) is 0 Å². The molecular formula is C51H97N2O7P. The Morgan fingerprint density at radius 3 is 1.48 bits per heavy atom. The summed E-state index contributed by atoms with van der Waals surface area (Å²) in [5.41, 5.74) is 0. The van der Waals surface area contributed by atoms with Crippen LogP contribution < -0.4 is 10.2 Å². The average Bonchev–Trinajstić information content (AvgIpc) is 3.21. The number of nitrogens with zero attached hydrogens (tertiary/aromatic N) is 1. The topological polar surface area (TPSA) is 128 Å². The van der Waals surface area contributed by atoms with Gasteiger partial charge in [-0.1, -0.05) is 171 Å². The number of amides is 1. The molecule has 0 spiro atoms. The number of likely N-dealkylation sites (N-methyl/N-ethyl adjacent to an activating group) is 1. The maximum atomic E-state index is 12.9. The van der Waals surface area contributed by atoms with Gasteiger partial charge in [-0.05, 0) is 84.0 Å². The van der Waals surface area contributed by atoms with Crippen molar-refractivity contribution in [2.24, 2.45) is 0 Å². The van der Waals surface area contributed by atoms with Crippen molar-refractivity contribution in [1.82, 2.24) is 5.32 Å². The minimum absolute atomic E-state index is 0.0508. The first kappa shape index (κ1) is 59.4. The van der Waals surface area contributed by atoms with Crippen molar-refractivity contribution in [1.29, 1.82) is 0 Å². The Kier molecular flexibility index (Phi) is 41.3. The van der Waals surface area contributed by atoms with Crippen LogP contribution in [-0.2, 0) is 18.4 Å². The molecule has 0 radical (unpaired) electrons. The highest BCUT2D eigenvalue weighted by Gasteiger charge is 2.29. The second-order valence-electron chi connectivity index (χ2n) is 18.3. The number of hydrogen-bond acceptors (Lipinski definition) is 7. The molecule has 4 atom stereocenters. The third kappa shape index (κ3) is 43.5. The Hall–Kier alpha value is -1.58. The molecule has 0 aromatic rings. The lowest BCUT2D eigenvalue weighted by molar-refractivity contribution is -0.870.